The van der Waals surface area contributed by atoms with E-state index in [1.165, 1.54) is 22.4 Å². The number of para-hydroxylation sites is 1. The van der Waals surface area contributed by atoms with Gasteiger partial charge < -0.3 is 9.88 Å². The van der Waals surface area contributed by atoms with E-state index in [4.69, 9.17) is 0 Å². The number of aromatic nitrogens is 2. The quantitative estimate of drug-likeness (QED) is 0.759. The third kappa shape index (κ3) is 2.88. The molecule has 2 aliphatic rings. The van der Waals surface area contributed by atoms with Gasteiger partial charge in [0.15, 0.2) is 0 Å². The zero-order valence-corrected chi connectivity index (χ0v) is 15.9. The lowest BCUT2D eigenvalue weighted by molar-refractivity contribution is -0.118. The Hall–Kier alpha value is -2.47. The predicted octanol–water partition coefficient (Wildman–Crippen LogP) is 3.39. The molecule has 5 rings (SSSR count). The van der Waals surface area contributed by atoms with Crippen molar-refractivity contribution in [3.8, 4) is 0 Å². The minimum Gasteiger partial charge on any atom is -0.312 e. The maximum absolute atomic E-state index is 12.7. The third-order valence-electron chi connectivity index (χ3n) is 5.64. The molecule has 3 aromatic rings. The van der Waals surface area contributed by atoms with Gasteiger partial charge in [0.05, 0.1) is 5.39 Å². The number of H-pyrrole nitrogens is 1. The molecule has 0 saturated heterocycles. The van der Waals surface area contributed by atoms with Crippen molar-refractivity contribution in [1.82, 2.24) is 9.97 Å². The molecule has 0 saturated carbocycles. The molecular weight excluding hydrogens is 358 g/mol. The second-order valence-corrected chi connectivity index (χ2v) is 8.41. The first kappa shape index (κ1) is 16.7. The number of anilines is 1. The van der Waals surface area contributed by atoms with Crippen LogP contribution in [0.2, 0.25) is 0 Å². The largest absolute Gasteiger partial charge is 0.312 e. The number of nitrogens with one attached hydrogen (secondary N) is 1. The van der Waals surface area contributed by atoms with E-state index in [1.54, 1.807) is 11.3 Å². The lowest BCUT2D eigenvalue weighted by Gasteiger charge is -2.17. The Bertz CT molecular complexity index is 1100. The van der Waals surface area contributed by atoms with Gasteiger partial charge in [-0.2, -0.15) is 0 Å². The average Bonchev–Trinajstić information content (AvgIpc) is 3.27. The van der Waals surface area contributed by atoms with Gasteiger partial charge in [-0.1, -0.05) is 18.2 Å². The second-order valence-electron chi connectivity index (χ2n) is 7.33. The van der Waals surface area contributed by atoms with Crippen molar-refractivity contribution in [1.29, 1.82) is 0 Å². The van der Waals surface area contributed by atoms with Crippen LogP contribution in [-0.2, 0) is 30.5 Å². The Morgan fingerprint density at radius 2 is 2.04 bits per heavy atom. The molecule has 1 aromatic carbocycles. The molecular formula is C21H21N3O2S. The minimum atomic E-state index is -0.0478. The third-order valence-corrected chi connectivity index (χ3v) is 6.82. The summed E-state index contributed by atoms with van der Waals surface area (Å²) >= 11 is 1.65. The lowest BCUT2D eigenvalue weighted by atomic mass is 9.97. The van der Waals surface area contributed by atoms with E-state index in [2.05, 4.69) is 16.0 Å². The van der Waals surface area contributed by atoms with Gasteiger partial charge in [0.1, 0.15) is 10.7 Å². The zero-order chi connectivity index (χ0) is 18.4. The van der Waals surface area contributed by atoms with E-state index in [0.717, 1.165) is 48.1 Å². The molecule has 0 spiro atoms. The number of thiophene rings is 1. The lowest BCUT2D eigenvalue weighted by Crippen LogP contribution is -2.29. The van der Waals surface area contributed by atoms with Crippen molar-refractivity contribution in [2.24, 2.45) is 0 Å². The van der Waals surface area contributed by atoms with Crippen LogP contribution >= 0.6 is 11.3 Å². The molecule has 1 aliphatic heterocycles. The molecule has 0 fully saturated rings. The number of rotatable bonds is 3. The number of fused-ring (bicyclic) bond motifs is 4. The summed E-state index contributed by atoms with van der Waals surface area (Å²) in [5.41, 5.74) is 3.40. The number of aryl methyl sites for hydroxylation is 3. The molecule has 0 unspecified atom stereocenters. The molecule has 1 amide bonds. The molecule has 27 heavy (non-hydrogen) atoms. The number of carbonyl (C=O) groups excluding carboxylic acids is 1. The molecule has 0 atom stereocenters. The topological polar surface area (TPSA) is 66.1 Å². The van der Waals surface area contributed by atoms with Crippen LogP contribution in [-0.4, -0.2) is 22.4 Å². The van der Waals surface area contributed by atoms with Crippen LogP contribution in [0.3, 0.4) is 0 Å². The van der Waals surface area contributed by atoms with Crippen LogP contribution in [0.5, 0.6) is 0 Å². The molecule has 138 valence electrons. The molecule has 2 aromatic heterocycles. The number of nitrogens with zero attached hydrogens (tertiary/aromatic N) is 2. The van der Waals surface area contributed by atoms with Crippen LogP contribution in [0, 0.1) is 0 Å². The van der Waals surface area contributed by atoms with Gasteiger partial charge in [-0.3, -0.25) is 9.59 Å². The average molecular weight is 379 g/mol. The summed E-state index contributed by atoms with van der Waals surface area (Å²) in [5.74, 6) is 0.708. The van der Waals surface area contributed by atoms with Crippen LogP contribution < -0.4 is 10.5 Å². The highest BCUT2D eigenvalue weighted by molar-refractivity contribution is 7.18. The summed E-state index contributed by atoms with van der Waals surface area (Å²) in [6.07, 6.45) is 6.09. The van der Waals surface area contributed by atoms with Crippen molar-refractivity contribution in [3.63, 3.8) is 0 Å². The van der Waals surface area contributed by atoms with Crippen LogP contribution in [0.4, 0.5) is 5.69 Å². The van der Waals surface area contributed by atoms with Crippen molar-refractivity contribution in [2.75, 3.05) is 11.4 Å². The predicted molar refractivity (Wildman–Crippen MR) is 108 cm³/mol. The Morgan fingerprint density at radius 3 is 2.96 bits per heavy atom. The Balaban J connectivity index is 1.36. The van der Waals surface area contributed by atoms with Gasteiger partial charge in [-0.05, 0) is 49.3 Å². The van der Waals surface area contributed by atoms with Gasteiger partial charge in [-0.15, -0.1) is 11.3 Å². The van der Waals surface area contributed by atoms with E-state index < -0.39 is 0 Å². The molecule has 5 nitrogen and oxygen atoms in total. The maximum atomic E-state index is 12.7. The van der Waals surface area contributed by atoms with Crippen LogP contribution in [0.25, 0.3) is 10.2 Å². The first-order valence-electron chi connectivity index (χ1n) is 9.62. The van der Waals surface area contributed by atoms with E-state index in [9.17, 15) is 9.59 Å². The van der Waals surface area contributed by atoms with Crippen molar-refractivity contribution in [2.45, 2.75) is 44.9 Å². The fourth-order valence-electron chi connectivity index (χ4n) is 4.28. The van der Waals surface area contributed by atoms with Crippen molar-refractivity contribution >= 4 is 33.1 Å². The van der Waals surface area contributed by atoms with Gasteiger partial charge >= 0.3 is 0 Å². The number of hydrogen-bond acceptors (Lipinski definition) is 4. The maximum Gasteiger partial charge on any atom is 0.259 e. The first-order valence-corrected chi connectivity index (χ1v) is 10.4. The highest BCUT2D eigenvalue weighted by Crippen LogP contribution is 2.33. The summed E-state index contributed by atoms with van der Waals surface area (Å²) in [4.78, 5) is 36.9. The fraction of sp³-hybridized carbons (Fsp3) is 0.381. The second kappa shape index (κ2) is 6.60. The van der Waals surface area contributed by atoms with Crippen LogP contribution in [0.1, 0.15) is 41.1 Å². The van der Waals surface area contributed by atoms with E-state index in [1.807, 2.05) is 23.1 Å². The standard InChI is InChI=1S/C21H21N3O2S/c25-18(24-12-11-13-5-1-3-7-15(13)24)10-9-17-22-20(26)19-14-6-2-4-8-16(14)27-21(19)23-17/h1,3,5,7H,2,4,6,8-12H2,(H,22,23,26). The highest BCUT2D eigenvalue weighted by Gasteiger charge is 2.24. The smallest absolute Gasteiger partial charge is 0.259 e. The number of hydrogen-bond donors (Lipinski definition) is 1. The molecule has 0 bridgehead atoms. The Morgan fingerprint density at radius 1 is 1.19 bits per heavy atom. The molecule has 3 heterocycles. The molecule has 1 aliphatic carbocycles. The van der Waals surface area contributed by atoms with Gasteiger partial charge in [0, 0.05) is 30.0 Å². The summed E-state index contributed by atoms with van der Waals surface area (Å²) < 4.78 is 0. The summed E-state index contributed by atoms with van der Waals surface area (Å²) in [5, 5.41) is 0.776. The molecule has 6 heteroatoms. The zero-order valence-electron chi connectivity index (χ0n) is 15.1. The summed E-state index contributed by atoms with van der Waals surface area (Å²) in [6, 6.07) is 8.06. The summed E-state index contributed by atoms with van der Waals surface area (Å²) in [7, 11) is 0. The molecule has 0 radical (unpaired) electrons. The monoisotopic (exact) mass is 379 g/mol. The van der Waals surface area contributed by atoms with E-state index in [0.29, 0.717) is 18.7 Å². The fourth-order valence-corrected chi connectivity index (χ4v) is 5.57. The van der Waals surface area contributed by atoms with E-state index >= 15 is 0 Å². The first-order chi connectivity index (χ1) is 13.2. The highest BCUT2D eigenvalue weighted by atomic mass is 32.1. The SMILES string of the molecule is O=C(CCc1nc2sc3c(c2c(=O)[nH]1)CCCC3)N1CCc2ccccc21. The van der Waals surface area contributed by atoms with Gasteiger partial charge in [0.25, 0.3) is 5.56 Å². The van der Waals surface area contributed by atoms with Crippen LogP contribution in [0.15, 0.2) is 29.1 Å². The normalized spacial score (nSPS) is 15.8. The van der Waals surface area contributed by atoms with Crippen molar-refractivity contribution < 1.29 is 4.79 Å². The van der Waals surface area contributed by atoms with Crippen molar-refractivity contribution in [3.05, 3.63) is 56.4 Å². The summed E-state index contributed by atoms with van der Waals surface area (Å²) in [6.45, 7) is 0.735. The van der Waals surface area contributed by atoms with Gasteiger partial charge in [0.2, 0.25) is 5.91 Å². The Kier molecular flexibility index (Phi) is 4.08. The Labute approximate surface area is 161 Å². The van der Waals surface area contributed by atoms with Gasteiger partial charge in [-0.25, -0.2) is 4.98 Å². The number of aromatic amines is 1. The molecule has 1 N–H and O–H groups in total. The number of amides is 1. The number of benzene rings is 1. The van der Waals surface area contributed by atoms with E-state index in [-0.39, 0.29) is 11.5 Å². The minimum absolute atomic E-state index is 0.0478. The number of carbonyl (C=O) groups is 1.